The number of carbonyl (C=O) groups excluding carboxylic acids is 2. The molecule has 0 radical (unpaired) electrons. The van der Waals surface area contributed by atoms with Gasteiger partial charge in [-0.15, -0.1) is 0 Å². The molecule has 1 saturated heterocycles. The van der Waals surface area contributed by atoms with Gasteiger partial charge in [0.15, 0.2) is 0 Å². The Hall–Kier alpha value is -1.24. The van der Waals surface area contributed by atoms with Gasteiger partial charge in [-0.2, -0.15) is 0 Å². The van der Waals surface area contributed by atoms with Crippen LogP contribution in [-0.4, -0.2) is 57.0 Å². The molecule has 5 unspecified atom stereocenters. The summed E-state index contributed by atoms with van der Waals surface area (Å²) in [5.74, 6) is 0.997. The van der Waals surface area contributed by atoms with Crippen molar-refractivity contribution in [2.75, 3.05) is 33.7 Å². The van der Waals surface area contributed by atoms with Crippen molar-refractivity contribution < 1.29 is 23.8 Å². The van der Waals surface area contributed by atoms with Gasteiger partial charge in [0.1, 0.15) is 13.4 Å². The van der Waals surface area contributed by atoms with Crippen LogP contribution in [0.25, 0.3) is 0 Å². The second-order valence-corrected chi connectivity index (χ2v) is 8.17. The van der Waals surface area contributed by atoms with Crippen LogP contribution >= 0.6 is 0 Å². The largest absolute Gasteiger partial charge is 0.375 e. The van der Waals surface area contributed by atoms with Crippen LogP contribution in [0.5, 0.6) is 0 Å². The second-order valence-electron chi connectivity index (χ2n) is 8.17. The van der Waals surface area contributed by atoms with Crippen molar-refractivity contribution >= 4 is 12.3 Å². The lowest BCUT2D eigenvalue weighted by atomic mass is 9.50. The molecule has 146 valence electrons. The van der Waals surface area contributed by atoms with Crippen molar-refractivity contribution in [1.29, 1.82) is 0 Å². The zero-order valence-corrected chi connectivity index (χ0v) is 15.9. The highest BCUT2D eigenvalue weighted by molar-refractivity contribution is 5.86. The number of ether oxygens (including phenoxy) is 3. The Morgan fingerprint density at radius 2 is 2.27 bits per heavy atom. The van der Waals surface area contributed by atoms with Gasteiger partial charge < -0.3 is 14.2 Å². The number of nitrogens with zero attached hydrogens (tertiary/aromatic N) is 1. The lowest BCUT2D eigenvalue weighted by Crippen LogP contribution is -2.54. The van der Waals surface area contributed by atoms with Crippen molar-refractivity contribution in [2.45, 2.75) is 45.1 Å². The molecule has 0 bridgehead atoms. The first kappa shape index (κ1) is 19.5. The van der Waals surface area contributed by atoms with Gasteiger partial charge in [-0.25, -0.2) is 0 Å². The van der Waals surface area contributed by atoms with E-state index in [1.54, 1.807) is 0 Å². The lowest BCUT2D eigenvalue weighted by Gasteiger charge is -2.57. The molecule has 6 nitrogen and oxygen atoms in total. The van der Waals surface area contributed by atoms with Crippen molar-refractivity contribution in [2.24, 2.45) is 23.2 Å². The number of amides is 2. The molecule has 1 heterocycles. The third kappa shape index (κ3) is 3.59. The number of hydrogen-bond donors (Lipinski definition) is 0. The average molecular weight is 365 g/mol. The number of carbonyl (C=O) groups is 2. The van der Waals surface area contributed by atoms with Crippen molar-refractivity contribution in [3.8, 4) is 0 Å². The maximum absolute atomic E-state index is 12.0. The Morgan fingerprint density at radius 1 is 1.46 bits per heavy atom. The fourth-order valence-electron chi connectivity index (χ4n) is 5.55. The molecule has 2 amide bonds. The van der Waals surface area contributed by atoms with Crippen LogP contribution in [0.4, 0.5) is 0 Å². The SMILES string of the molecule is C=C1CCC2C3COCOC3CCC2(C)C1CCN(C=O)C(=O)COC. The molecule has 3 rings (SSSR count). The molecule has 0 N–H and O–H groups in total. The normalized spacial score (nSPS) is 36.8. The molecule has 2 saturated carbocycles. The summed E-state index contributed by atoms with van der Waals surface area (Å²) < 4.78 is 16.3. The van der Waals surface area contributed by atoms with Gasteiger partial charge in [0.05, 0.1) is 12.7 Å². The summed E-state index contributed by atoms with van der Waals surface area (Å²) in [5.41, 5.74) is 1.38. The highest BCUT2D eigenvalue weighted by Crippen LogP contribution is 2.58. The first-order valence-electron chi connectivity index (χ1n) is 9.62. The van der Waals surface area contributed by atoms with Gasteiger partial charge in [0.2, 0.25) is 6.41 Å². The Morgan fingerprint density at radius 3 is 3.00 bits per heavy atom. The van der Waals surface area contributed by atoms with Crippen molar-refractivity contribution in [3.63, 3.8) is 0 Å². The van der Waals surface area contributed by atoms with Crippen LogP contribution < -0.4 is 0 Å². The van der Waals surface area contributed by atoms with Crippen LogP contribution in [0.2, 0.25) is 0 Å². The number of methoxy groups -OCH3 is 1. The summed E-state index contributed by atoms with van der Waals surface area (Å²) in [6.07, 6.45) is 5.95. The van der Waals surface area contributed by atoms with Crippen LogP contribution in [0, 0.1) is 23.2 Å². The number of hydrogen-bond acceptors (Lipinski definition) is 5. The highest BCUT2D eigenvalue weighted by Gasteiger charge is 2.53. The molecular formula is C20H31NO5. The predicted molar refractivity (Wildman–Crippen MR) is 96.1 cm³/mol. The van der Waals surface area contributed by atoms with E-state index in [2.05, 4.69) is 13.5 Å². The Balaban J connectivity index is 1.72. The van der Waals surface area contributed by atoms with Gasteiger partial charge in [-0.3, -0.25) is 14.5 Å². The van der Waals surface area contributed by atoms with E-state index in [-0.39, 0.29) is 17.9 Å². The molecule has 1 aliphatic heterocycles. The van der Waals surface area contributed by atoms with E-state index in [0.29, 0.717) is 43.6 Å². The van der Waals surface area contributed by atoms with E-state index >= 15 is 0 Å². The molecule has 26 heavy (non-hydrogen) atoms. The zero-order chi connectivity index (χ0) is 18.7. The van der Waals surface area contributed by atoms with E-state index in [4.69, 9.17) is 14.2 Å². The summed E-state index contributed by atoms with van der Waals surface area (Å²) in [4.78, 5) is 24.6. The topological polar surface area (TPSA) is 65.1 Å². The maximum atomic E-state index is 12.0. The van der Waals surface area contributed by atoms with E-state index in [9.17, 15) is 9.59 Å². The summed E-state index contributed by atoms with van der Waals surface area (Å²) in [6.45, 7) is 8.24. The number of allylic oxidation sites excluding steroid dienone is 1. The number of imide groups is 1. The van der Waals surface area contributed by atoms with Gasteiger partial charge in [0, 0.05) is 19.6 Å². The molecular weight excluding hydrogens is 334 g/mol. The monoisotopic (exact) mass is 365 g/mol. The Kier molecular flexibility index (Phi) is 6.15. The third-order valence-corrected chi connectivity index (χ3v) is 6.92. The minimum absolute atomic E-state index is 0.0668. The Labute approximate surface area is 155 Å². The molecule has 0 aromatic carbocycles. The van der Waals surface area contributed by atoms with Crippen LogP contribution in [0.3, 0.4) is 0 Å². The lowest BCUT2D eigenvalue weighted by molar-refractivity contribution is -0.218. The molecule has 6 heteroatoms. The number of fused-ring (bicyclic) bond motifs is 3. The van der Waals surface area contributed by atoms with Crippen molar-refractivity contribution in [1.82, 2.24) is 4.90 Å². The van der Waals surface area contributed by atoms with Crippen molar-refractivity contribution in [3.05, 3.63) is 12.2 Å². The molecule has 3 fully saturated rings. The van der Waals surface area contributed by atoms with E-state index < -0.39 is 0 Å². The Bertz CT molecular complexity index is 550. The third-order valence-electron chi connectivity index (χ3n) is 6.92. The second kappa shape index (κ2) is 8.19. The van der Waals surface area contributed by atoms with Crippen LogP contribution in [0.1, 0.15) is 39.0 Å². The molecule has 0 spiro atoms. The molecule has 5 atom stereocenters. The summed E-state index contributed by atoms with van der Waals surface area (Å²) in [5, 5.41) is 0. The highest BCUT2D eigenvalue weighted by atomic mass is 16.7. The minimum atomic E-state index is -0.289. The first-order chi connectivity index (χ1) is 12.5. The maximum Gasteiger partial charge on any atom is 0.254 e. The smallest absolute Gasteiger partial charge is 0.254 e. The summed E-state index contributed by atoms with van der Waals surface area (Å²) in [6, 6.07) is 0. The molecule has 0 aromatic heterocycles. The van der Waals surface area contributed by atoms with E-state index in [1.807, 2.05) is 0 Å². The van der Waals surface area contributed by atoms with Crippen LogP contribution in [-0.2, 0) is 23.8 Å². The number of rotatable bonds is 6. The first-order valence-corrected chi connectivity index (χ1v) is 9.62. The zero-order valence-electron chi connectivity index (χ0n) is 15.9. The molecule has 0 aromatic rings. The minimum Gasteiger partial charge on any atom is -0.375 e. The molecule has 2 aliphatic carbocycles. The van der Waals surface area contributed by atoms with Crippen LogP contribution in [0.15, 0.2) is 12.2 Å². The quantitative estimate of drug-likeness (QED) is 0.534. The fourth-order valence-corrected chi connectivity index (χ4v) is 5.55. The molecule has 3 aliphatic rings. The van der Waals surface area contributed by atoms with Gasteiger partial charge in [-0.05, 0) is 49.4 Å². The average Bonchev–Trinajstić information content (AvgIpc) is 2.64. The van der Waals surface area contributed by atoms with E-state index in [0.717, 1.165) is 38.7 Å². The van der Waals surface area contributed by atoms with Gasteiger partial charge in [-0.1, -0.05) is 19.1 Å². The standard InChI is InChI=1S/C20H31NO5/c1-14-4-5-17-15-10-25-13-26-18(15)6-8-20(17,2)16(14)7-9-21(12-22)19(23)11-24-3/h12,15-18H,1,4-11,13H2,2-3H3. The van der Waals surface area contributed by atoms with Gasteiger partial charge in [0.25, 0.3) is 5.91 Å². The summed E-state index contributed by atoms with van der Waals surface area (Å²) in [7, 11) is 1.46. The summed E-state index contributed by atoms with van der Waals surface area (Å²) >= 11 is 0. The van der Waals surface area contributed by atoms with Gasteiger partial charge >= 0.3 is 0 Å². The van der Waals surface area contributed by atoms with E-state index in [1.165, 1.54) is 17.6 Å². The predicted octanol–water partition coefficient (Wildman–Crippen LogP) is 2.38. The fraction of sp³-hybridized carbons (Fsp3) is 0.800.